The second-order valence-corrected chi connectivity index (χ2v) is 4.63. The molecule has 0 aliphatic carbocycles. The lowest BCUT2D eigenvalue weighted by atomic mass is 10.3. The van der Waals surface area contributed by atoms with E-state index in [1.807, 2.05) is 30.3 Å². The third kappa shape index (κ3) is 3.57. The monoisotopic (exact) mass is 324 g/mol. The van der Waals surface area contributed by atoms with E-state index in [4.69, 9.17) is 9.84 Å². The van der Waals surface area contributed by atoms with Gasteiger partial charge in [-0.15, -0.1) is 0 Å². The van der Waals surface area contributed by atoms with Gasteiger partial charge in [-0.25, -0.2) is 4.79 Å². The molecule has 1 aromatic heterocycles. The number of para-hydroxylation sites is 1. The predicted octanol–water partition coefficient (Wildman–Crippen LogP) is 2.56. The van der Waals surface area contributed by atoms with Gasteiger partial charge in [0.1, 0.15) is 23.7 Å². The van der Waals surface area contributed by atoms with Gasteiger partial charge >= 0.3 is 5.97 Å². The number of carboxylic acid groups (broad SMARTS) is 1. The third-order valence-corrected chi connectivity index (χ3v) is 2.83. The molecule has 2 aromatic rings. The molecule has 0 radical (unpaired) electrons. The fourth-order valence-electron chi connectivity index (χ4n) is 1.64. The topological polar surface area (TPSA) is 64.3 Å². The summed E-state index contributed by atoms with van der Waals surface area (Å²) in [6.45, 7) is 0.756. The lowest BCUT2D eigenvalue weighted by Crippen LogP contribution is -2.10. The minimum Gasteiger partial charge on any atom is -0.487 e. The Kier molecular flexibility index (Phi) is 4.57. The quantitative estimate of drug-likeness (QED) is 0.829. The predicted molar refractivity (Wildman–Crippen MR) is 73.8 cm³/mol. The molecular weight excluding hydrogens is 312 g/mol. The molecule has 0 saturated heterocycles. The number of carboxylic acids is 1. The van der Waals surface area contributed by atoms with Crippen molar-refractivity contribution in [2.75, 3.05) is 5.33 Å². The van der Waals surface area contributed by atoms with Gasteiger partial charge in [0.15, 0.2) is 0 Å². The highest BCUT2D eigenvalue weighted by Crippen LogP contribution is 2.12. The van der Waals surface area contributed by atoms with Crippen LogP contribution in [0.4, 0.5) is 0 Å². The zero-order valence-electron chi connectivity index (χ0n) is 10.1. The van der Waals surface area contributed by atoms with Crippen molar-refractivity contribution in [2.45, 2.75) is 13.2 Å². The summed E-state index contributed by atoms with van der Waals surface area (Å²) in [7, 11) is 0. The van der Waals surface area contributed by atoms with Crippen LogP contribution in [0.15, 0.2) is 36.4 Å². The molecule has 0 aliphatic heterocycles. The maximum Gasteiger partial charge on any atom is 0.354 e. The van der Waals surface area contributed by atoms with Gasteiger partial charge in [-0.1, -0.05) is 34.1 Å². The van der Waals surface area contributed by atoms with Crippen molar-refractivity contribution >= 4 is 21.9 Å². The summed E-state index contributed by atoms with van der Waals surface area (Å²) >= 11 is 3.27. The van der Waals surface area contributed by atoms with Crippen LogP contribution < -0.4 is 4.74 Å². The number of nitrogens with zero attached hydrogens (tertiary/aromatic N) is 2. The van der Waals surface area contributed by atoms with E-state index in [2.05, 4.69) is 21.0 Å². The normalized spacial score (nSPS) is 10.4. The van der Waals surface area contributed by atoms with Crippen molar-refractivity contribution in [3.05, 3.63) is 47.8 Å². The summed E-state index contributed by atoms with van der Waals surface area (Å²) in [5.74, 6) is -0.256. The Bertz CT molecular complexity index is 554. The first-order chi connectivity index (χ1) is 9.20. The van der Waals surface area contributed by atoms with E-state index < -0.39 is 5.97 Å². The maximum atomic E-state index is 11.1. The van der Waals surface area contributed by atoms with Crippen LogP contribution in [0.3, 0.4) is 0 Å². The van der Waals surface area contributed by atoms with Gasteiger partial charge in [-0.05, 0) is 18.2 Å². The van der Waals surface area contributed by atoms with Gasteiger partial charge in [-0.2, -0.15) is 5.10 Å². The zero-order valence-corrected chi connectivity index (χ0v) is 11.7. The van der Waals surface area contributed by atoms with Gasteiger partial charge in [0, 0.05) is 5.33 Å². The molecule has 100 valence electrons. The summed E-state index contributed by atoms with van der Waals surface area (Å²) in [4.78, 5) is 11.1. The molecule has 19 heavy (non-hydrogen) atoms. The number of rotatable bonds is 6. The van der Waals surface area contributed by atoms with Gasteiger partial charge in [-0.3, -0.25) is 4.68 Å². The first-order valence-electron chi connectivity index (χ1n) is 5.74. The average molecular weight is 325 g/mol. The molecule has 2 rings (SSSR count). The molecule has 0 unspecified atom stereocenters. The van der Waals surface area contributed by atoms with Gasteiger partial charge in [0.25, 0.3) is 0 Å². The first-order valence-corrected chi connectivity index (χ1v) is 6.86. The number of aromatic carboxylic acids is 1. The average Bonchev–Trinajstić information content (AvgIpc) is 2.81. The molecule has 0 aliphatic rings. The van der Waals surface area contributed by atoms with Crippen molar-refractivity contribution in [1.82, 2.24) is 9.78 Å². The van der Waals surface area contributed by atoms with Crippen molar-refractivity contribution in [3.63, 3.8) is 0 Å². The zero-order chi connectivity index (χ0) is 13.7. The lowest BCUT2D eigenvalue weighted by molar-refractivity contribution is 0.0683. The Labute approximate surface area is 118 Å². The molecule has 5 nitrogen and oxygen atoms in total. The van der Waals surface area contributed by atoms with Crippen LogP contribution >= 0.6 is 15.9 Å². The SMILES string of the molecule is O=C(O)c1cc(COc2ccccc2)nn1CCBr. The Morgan fingerprint density at radius 3 is 2.74 bits per heavy atom. The first kappa shape index (κ1) is 13.6. The molecule has 1 N–H and O–H groups in total. The van der Waals surface area contributed by atoms with Crippen molar-refractivity contribution < 1.29 is 14.6 Å². The Balaban J connectivity index is 2.08. The highest BCUT2D eigenvalue weighted by molar-refractivity contribution is 9.09. The van der Waals surface area contributed by atoms with E-state index in [0.29, 0.717) is 17.6 Å². The number of carbonyl (C=O) groups is 1. The highest BCUT2D eigenvalue weighted by Gasteiger charge is 2.14. The Morgan fingerprint density at radius 2 is 2.11 bits per heavy atom. The van der Waals surface area contributed by atoms with Crippen LogP contribution in [-0.4, -0.2) is 26.2 Å². The van der Waals surface area contributed by atoms with Crippen LogP contribution in [0.2, 0.25) is 0 Å². The van der Waals surface area contributed by atoms with Gasteiger partial charge in [0.2, 0.25) is 0 Å². The number of hydrogen-bond donors (Lipinski definition) is 1. The summed E-state index contributed by atoms with van der Waals surface area (Å²) in [6, 6.07) is 10.9. The largest absolute Gasteiger partial charge is 0.487 e. The molecule has 0 saturated carbocycles. The lowest BCUT2D eigenvalue weighted by Gasteiger charge is -2.03. The molecule has 0 atom stereocenters. The number of aromatic nitrogens is 2. The summed E-state index contributed by atoms with van der Waals surface area (Å²) in [5.41, 5.74) is 0.772. The summed E-state index contributed by atoms with van der Waals surface area (Å²) in [5, 5.41) is 13.9. The smallest absolute Gasteiger partial charge is 0.354 e. The highest BCUT2D eigenvalue weighted by atomic mass is 79.9. The molecule has 0 bridgehead atoms. The minimum atomic E-state index is -0.987. The Morgan fingerprint density at radius 1 is 1.37 bits per heavy atom. The van der Waals surface area contributed by atoms with E-state index in [9.17, 15) is 4.79 Å². The van der Waals surface area contributed by atoms with E-state index in [1.54, 1.807) is 0 Å². The molecule has 0 amide bonds. The fourth-order valence-corrected chi connectivity index (χ4v) is 1.97. The second kappa shape index (κ2) is 6.38. The van der Waals surface area contributed by atoms with E-state index in [0.717, 1.165) is 5.75 Å². The third-order valence-electron chi connectivity index (χ3n) is 2.48. The van der Waals surface area contributed by atoms with E-state index >= 15 is 0 Å². The number of aryl methyl sites for hydroxylation is 1. The van der Waals surface area contributed by atoms with E-state index in [1.165, 1.54) is 10.7 Å². The summed E-state index contributed by atoms with van der Waals surface area (Å²) < 4.78 is 7.00. The maximum absolute atomic E-state index is 11.1. The van der Waals surface area contributed by atoms with Gasteiger partial charge < -0.3 is 9.84 Å². The number of halogens is 1. The van der Waals surface area contributed by atoms with E-state index in [-0.39, 0.29) is 12.3 Å². The Hall–Kier alpha value is -1.82. The molecule has 1 aromatic carbocycles. The molecule has 0 fully saturated rings. The van der Waals surface area contributed by atoms with Crippen LogP contribution in [0.5, 0.6) is 5.75 Å². The van der Waals surface area contributed by atoms with Crippen LogP contribution in [-0.2, 0) is 13.2 Å². The second-order valence-electron chi connectivity index (χ2n) is 3.84. The molecule has 0 spiro atoms. The number of hydrogen-bond acceptors (Lipinski definition) is 3. The van der Waals surface area contributed by atoms with Crippen LogP contribution in [0, 0.1) is 0 Å². The van der Waals surface area contributed by atoms with Crippen LogP contribution in [0.25, 0.3) is 0 Å². The molecular formula is C13H13BrN2O3. The molecule has 6 heteroatoms. The fraction of sp³-hybridized carbons (Fsp3) is 0.231. The summed E-state index contributed by atoms with van der Waals surface area (Å²) in [6.07, 6.45) is 0. The van der Waals surface area contributed by atoms with Crippen LogP contribution in [0.1, 0.15) is 16.2 Å². The van der Waals surface area contributed by atoms with Crippen molar-refractivity contribution in [1.29, 1.82) is 0 Å². The standard InChI is InChI=1S/C13H13BrN2O3/c14-6-7-16-12(13(17)18)8-10(15-16)9-19-11-4-2-1-3-5-11/h1-5,8H,6-7,9H2,(H,17,18). The number of alkyl halides is 1. The van der Waals surface area contributed by atoms with Crippen molar-refractivity contribution in [2.24, 2.45) is 0 Å². The van der Waals surface area contributed by atoms with Gasteiger partial charge in [0.05, 0.1) is 6.54 Å². The number of ether oxygens (including phenoxy) is 1. The van der Waals surface area contributed by atoms with Crippen molar-refractivity contribution in [3.8, 4) is 5.75 Å². The molecule has 1 heterocycles. The number of benzene rings is 1. The minimum absolute atomic E-state index is 0.172.